The maximum Gasteiger partial charge on any atom is 0.251 e. The summed E-state index contributed by atoms with van der Waals surface area (Å²) in [5.41, 5.74) is 4.12. The van der Waals surface area contributed by atoms with Crippen molar-refractivity contribution < 1.29 is 14.3 Å². The SMILES string of the molecule is CC(C)[C@H](NC(=O)c1ccc2[nH]nc(-c3ccc(OC4CN(C5COC5)C4)cc3)c2c1)c1ccccc1Cl. The summed E-state index contributed by atoms with van der Waals surface area (Å²) in [5, 5.41) is 12.4. The number of amides is 1. The van der Waals surface area contributed by atoms with Crippen molar-refractivity contribution in [3.8, 4) is 17.0 Å². The number of nitrogens with one attached hydrogen (secondary N) is 2. The Labute approximate surface area is 227 Å². The molecule has 4 aromatic rings. The van der Waals surface area contributed by atoms with Crippen molar-refractivity contribution in [1.82, 2.24) is 20.4 Å². The van der Waals surface area contributed by atoms with Crippen LogP contribution in [0.4, 0.5) is 0 Å². The van der Waals surface area contributed by atoms with Gasteiger partial charge in [-0.05, 0) is 60.0 Å². The van der Waals surface area contributed by atoms with Crippen LogP contribution in [-0.2, 0) is 4.74 Å². The van der Waals surface area contributed by atoms with Gasteiger partial charge in [-0.25, -0.2) is 0 Å². The van der Waals surface area contributed by atoms with E-state index in [1.54, 1.807) is 0 Å². The highest BCUT2D eigenvalue weighted by atomic mass is 35.5. The summed E-state index contributed by atoms with van der Waals surface area (Å²) in [6.07, 6.45) is 0.217. The van der Waals surface area contributed by atoms with E-state index >= 15 is 0 Å². The number of ether oxygens (including phenoxy) is 2. The second-order valence-corrected chi connectivity index (χ2v) is 10.9. The molecule has 2 N–H and O–H groups in total. The van der Waals surface area contributed by atoms with Gasteiger partial charge < -0.3 is 14.8 Å². The van der Waals surface area contributed by atoms with Crippen LogP contribution in [0.15, 0.2) is 66.7 Å². The normalized spacial score (nSPS) is 17.3. The topological polar surface area (TPSA) is 79.5 Å². The van der Waals surface area contributed by atoms with Crippen LogP contribution in [0.3, 0.4) is 0 Å². The van der Waals surface area contributed by atoms with Crippen LogP contribution in [0, 0.1) is 5.92 Å². The Balaban J connectivity index is 1.17. The van der Waals surface area contributed by atoms with Gasteiger partial charge in [0.2, 0.25) is 0 Å². The first kappa shape index (κ1) is 24.9. The van der Waals surface area contributed by atoms with E-state index < -0.39 is 0 Å². The summed E-state index contributed by atoms with van der Waals surface area (Å²) in [6.45, 7) is 7.70. The van der Waals surface area contributed by atoms with E-state index in [9.17, 15) is 4.79 Å². The molecule has 1 amide bonds. The summed E-state index contributed by atoms with van der Waals surface area (Å²) < 4.78 is 11.4. The van der Waals surface area contributed by atoms with Crippen molar-refractivity contribution in [3.05, 3.63) is 82.9 Å². The minimum Gasteiger partial charge on any atom is -0.488 e. The van der Waals surface area contributed by atoms with Crippen molar-refractivity contribution in [2.75, 3.05) is 26.3 Å². The van der Waals surface area contributed by atoms with Crippen molar-refractivity contribution in [2.45, 2.75) is 32.0 Å². The van der Waals surface area contributed by atoms with E-state index in [4.69, 9.17) is 21.1 Å². The van der Waals surface area contributed by atoms with Crippen molar-refractivity contribution in [3.63, 3.8) is 0 Å². The molecule has 196 valence electrons. The lowest BCUT2D eigenvalue weighted by atomic mass is 9.95. The number of H-pyrrole nitrogens is 1. The van der Waals surface area contributed by atoms with Gasteiger partial charge in [-0.3, -0.25) is 14.8 Å². The molecule has 2 saturated heterocycles. The highest BCUT2D eigenvalue weighted by Crippen LogP contribution is 2.31. The molecule has 7 nitrogen and oxygen atoms in total. The average Bonchev–Trinajstić information content (AvgIpc) is 3.29. The van der Waals surface area contributed by atoms with Gasteiger partial charge in [-0.1, -0.05) is 43.6 Å². The highest BCUT2D eigenvalue weighted by Gasteiger charge is 2.37. The van der Waals surface area contributed by atoms with E-state index in [2.05, 4.69) is 34.3 Å². The summed E-state index contributed by atoms with van der Waals surface area (Å²) in [5.74, 6) is 0.870. The Kier molecular flexibility index (Phi) is 6.82. The zero-order valence-corrected chi connectivity index (χ0v) is 22.2. The molecule has 2 aliphatic heterocycles. The van der Waals surface area contributed by atoms with E-state index in [0.29, 0.717) is 16.6 Å². The first-order valence-corrected chi connectivity index (χ1v) is 13.5. The van der Waals surface area contributed by atoms with Crippen LogP contribution in [0.25, 0.3) is 22.2 Å². The molecule has 2 fully saturated rings. The van der Waals surface area contributed by atoms with Crippen LogP contribution < -0.4 is 10.1 Å². The fraction of sp³-hybridized carbons (Fsp3) is 0.333. The number of carbonyl (C=O) groups is 1. The molecule has 0 aliphatic carbocycles. The minimum absolute atomic E-state index is 0.149. The first-order chi connectivity index (χ1) is 18.5. The average molecular weight is 531 g/mol. The second-order valence-electron chi connectivity index (χ2n) is 10.5. The lowest BCUT2D eigenvalue weighted by molar-refractivity contribution is -0.115. The maximum atomic E-state index is 13.3. The van der Waals surface area contributed by atoms with Gasteiger partial charge in [-0.2, -0.15) is 5.10 Å². The third-order valence-electron chi connectivity index (χ3n) is 7.46. The third kappa shape index (κ3) is 4.89. The summed E-state index contributed by atoms with van der Waals surface area (Å²) in [7, 11) is 0. The van der Waals surface area contributed by atoms with Gasteiger partial charge in [0.1, 0.15) is 11.9 Å². The number of rotatable bonds is 8. The van der Waals surface area contributed by atoms with E-state index in [-0.39, 0.29) is 24.0 Å². The first-order valence-electron chi connectivity index (χ1n) is 13.1. The van der Waals surface area contributed by atoms with Gasteiger partial charge in [-0.15, -0.1) is 0 Å². The number of carbonyl (C=O) groups excluding carboxylic acids is 1. The van der Waals surface area contributed by atoms with Gasteiger partial charge in [0.25, 0.3) is 5.91 Å². The molecule has 6 rings (SSSR count). The number of hydrogen-bond acceptors (Lipinski definition) is 5. The van der Waals surface area contributed by atoms with Gasteiger partial charge in [0.05, 0.1) is 36.5 Å². The fourth-order valence-electron chi connectivity index (χ4n) is 5.09. The van der Waals surface area contributed by atoms with E-state index in [1.807, 2.05) is 66.7 Å². The number of aromatic amines is 1. The lowest BCUT2D eigenvalue weighted by Gasteiger charge is -2.46. The molecule has 0 spiro atoms. The lowest BCUT2D eigenvalue weighted by Crippen LogP contribution is -2.62. The Morgan fingerprint density at radius 2 is 1.87 bits per heavy atom. The van der Waals surface area contributed by atoms with Crippen LogP contribution in [0.1, 0.15) is 35.8 Å². The number of aromatic nitrogens is 2. The Hall–Kier alpha value is -3.39. The molecular formula is C30H31ClN4O3. The minimum atomic E-state index is -0.201. The van der Waals surface area contributed by atoms with Crippen LogP contribution in [0.5, 0.6) is 5.75 Å². The van der Waals surface area contributed by atoms with Crippen LogP contribution >= 0.6 is 11.6 Å². The van der Waals surface area contributed by atoms with Gasteiger partial charge >= 0.3 is 0 Å². The number of likely N-dealkylation sites (tertiary alicyclic amines) is 1. The number of fused-ring (bicyclic) bond motifs is 1. The van der Waals surface area contributed by atoms with Crippen molar-refractivity contribution >= 4 is 28.4 Å². The van der Waals surface area contributed by atoms with Gasteiger partial charge in [0, 0.05) is 34.6 Å². The zero-order chi connectivity index (χ0) is 26.2. The fourth-order valence-corrected chi connectivity index (χ4v) is 5.34. The monoisotopic (exact) mass is 530 g/mol. The van der Waals surface area contributed by atoms with Crippen LogP contribution in [-0.4, -0.2) is 59.5 Å². The molecule has 0 bridgehead atoms. The number of nitrogens with zero attached hydrogens (tertiary/aromatic N) is 2. The molecule has 0 radical (unpaired) electrons. The molecule has 1 atom stereocenters. The Morgan fingerprint density at radius 1 is 1.11 bits per heavy atom. The molecule has 38 heavy (non-hydrogen) atoms. The standard InChI is InChI=1S/C30H31ClN4O3/c1-18(2)28(24-5-3-4-6-26(24)31)32-30(36)20-9-12-27-25(13-20)29(34-33-27)19-7-10-22(11-8-19)38-23-14-35(15-23)21-16-37-17-21/h3-13,18,21,23,28H,14-17H2,1-2H3,(H,32,36)(H,33,34)/t28-/m0/s1. The predicted octanol–water partition coefficient (Wildman–Crippen LogP) is 5.47. The van der Waals surface area contributed by atoms with Crippen molar-refractivity contribution in [1.29, 1.82) is 0 Å². The molecular weight excluding hydrogens is 500 g/mol. The Morgan fingerprint density at radius 3 is 2.55 bits per heavy atom. The molecule has 0 unspecified atom stereocenters. The largest absolute Gasteiger partial charge is 0.488 e. The number of hydrogen-bond donors (Lipinski definition) is 2. The second kappa shape index (κ2) is 10.4. The third-order valence-corrected chi connectivity index (χ3v) is 7.81. The molecule has 0 saturated carbocycles. The molecule has 1 aromatic heterocycles. The maximum absolute atomic E-state index is 13.3. The number of benzene rings is 3. The highest BCUT2D eigenvalue weighted by molar-refractivity contribution is 6.31. The quantitative estimate of drug-likeness (QED) is 0.316. The Bertz CT molecular complexity index is 1440. The predicted molar refractivity (Wildman–Crippen MR) is 149 cm³/mol. The molecule has 3 aromatic carbocycles. The zero-order valence-electron chi connectivity index (χ0n) is 21.5. The molecule has 8 heteroatoms. The van der Waals surface area contributed by atoms with Gasteiger partial charge in [0.15, 0.2) is 0 Å². The van der Waals surface area contributed by atoms with Crippen LogP contribution in [0.2, 0.25) is 5.02 Å². The molecule has 3 heterocycles. The van der Waals surface area contributed by atoms with Crippen molar-refractivity contribution in [2.24, 2.45) is 5.92 Å². The van der Waals surface area contributed by atoms with E-state index in [0.717, 1.165) is 59.8 Å². The smallest absolute Gasteiger partial charge is 0.251 e. The summed E-state index contributed by atoms with van der Waals surface area (Å²) >= 11 is 6.44. The summed E-state index contributed by atoms with van der Waals surface area (Å²) in [6, 6.07) is 21.6. The van der Waals surface area contributed by atoms with E-state index in [1.165, 1.54) is 0 Å². The molecule has 2 aliphatic rings. The summed E-state index contributed by atoms with van der Waals surface area (Å²) in [4.78, 5) is 15.7. The number of halogens is 1.